The molecular weight excluding hydrogens is 214 g/mol. The van der Waals surface area contributed by atoms with E-state index in [-0.39, 0.29) is 0 Å². The van der Waals surface area contributed by atoms with Crippen LogP contribution in [0.25, 0.3) is 0 Å². The fourth-order valence-electron chi connectivity index (χ4n) is 2.08. The zero-order chi connectivity index (χ0) is 11.9. The molecule has 4 heteroatoms. The maximum absolute atomic E-state index is 8.89. The topological polar surface area (TPSA) is 57.9 Å². The van der Waals surface area contributed by atoms with Gasteiger partial charge in [-0.25, -0.2) is 4.98 Å². The summed E-state index contributed by atoms with van der Waals surface area (Å²) >= 11 is 0. The highest BCUT2D eigenvalue weighted by atomic mass is 16.5. The highest BCUT2D eigenvalue weighted by molar-refractivity contribution is 5.36. The molecule has 0 bridgehead atoms. The van der Waals surface area contributed by atoms with Crippen molar-refractivity contribution in [2.75, 3.05) is 19.7 Å². The Labute approximate surface area is 102 Å². The van der Waals surface area contributed by atoms with Crippen molar-refractivity contribution in [3.8, 4) is 11.9 Å². The van der Waals surface area contributed by atoms with E-state index in [0.717, 1.165) is 19.5 Å². The minimum Gasteiger partial charge on any atom is -0.477 e. The number of aromatic nitrogens is 1. The Hall–Kier alpha value is -1.60. The first-order chi connectivity index (χ1) is 8.40. The predicted molar refractivity (Wildman–Crippen MR) is 64.7 cm³/mol. The molecule has 90 valence electrons. The van der Waals surface area contributed by atoms with Crippen LogP contribution in [0.4, 0.5) is 0 Å². The van der Waals surface area contributed by atoms with E-state index in [4.69, 9.17) is 10.00 Å². The first-order valence-electron chi connectivity index (χ1n) is 6.09. The van der Waals surface area contributed by atoms with Crippen LogP contribution >= 0.6 is 0 Å². The first kappa shape index (κ1) is 11.9. The summed E-state index contributed by atoms with van der Waals surface area (Å²) in [5.74, 6) is 1.15. The van der Waals surface area contributed by atoms with Gasteiger partial charge >= 0.3 is 0 Å². The average Bonchev–Trinajstić information content (AvgIpc) is 2.40. The van der Waals surface area contributed by atoms with Crippen LogP contribution in [0.3, 0.4) is 0 Å². The Bertz CT molecular complexity index is 394. The van der Waals surface area contributed by atoms with E-state index in [1.807, 2.05) is 0 Å². The summed E-state index contributed by atoms with van der Waals surface area (Å²) in [6.45, 7) is 2.85. The number of nitrogens with one attached hydrogen (secondary N) is 1. The van der Waals surface area contributed by atoms with Gasteiger partial charge in [0.25, 0.3) is 0 Å². The molecule has 0 spiro atoms. The van der Waals surface area contributed by atoms with E-state index >= 15 is 0 Å². The van der Waals surface area contributed by atoms with Gasteiger partial charge in [-0.2, -0.15) is 5.26 Å². The molecule has 2 heterocycles. The van der Waals surface area contributed by atoms with E-state index in [2.05, 4.69) is 16.4 Å². The van der Waals surface area contributed by atoms with E-state index < -0.39 is 0 Å². The maximum Gasteiger partial charge on any atom is 0.231 e. The molecule has 0 aliphatic carbocycles. The number of hydrogen-bond acceptors (Lipinski definition) is 4. The molecule has 1 saturated heterocycles. The van der Waals surface area contributed by atoms with Crippen molar-refractivity contribution in [1.29, 1.82) is 5.26 Å². The number of piperidine rings is 1. The zero-order valence-electron chi connectivity index (χ0n) is 9.85. The Balaban J connectivity index is 1.79. The first-order valence-corrected chi connectivity index (χ1v) is 6.09. The van der Waals surface area contributed by atoms with Gasteiger partial charge in [0.05, 0.1) is 6.61 Å². The smallest absolute Gasteiger partial charge is 0.231 e. The van der Waals surface area contributed by atoms with Crippen molar-refractivity contribution in [3.05, 3.63) is 23.9 Å². The molecular formula is C13H17N3O. The molecule has 1 aromatic rings. The molecule has 0 amide bonds. The largest absolute Gasteiger partial charge is 0.477 e. The van der Waals surface area contributed by atoms with Gasteiger partial charge in [0.1, 0.15) is 11.6 Å². The molecule has 1 N–H and O–H groups in total. The summed E-state index contributed by atoms with van der Waals surface area (Å²) in [6.07, 6.45) is 5.19. The van der Waals surface area contributed by atoms with Crippen molar-refractivity contribution < 1.29 is 4.74 Å². The van der Waals surface area contributed by atoms with E-state index in [9.17, 15) is 0 Å². The molecule has 4 nitrogen and oxygen atoms in total. The quantitative estimate of drug-likeness (QED) is 0.857. The Kier molecular flexibility index (Phi) is 4.34. The molecule has 2 rings (SSSR count). The summed E-state index contributed by atoms with van der Waals surface area (Å²) in [6, 6.07) is 5.56. The molecule has 1 aliphatic rings. The van der Waals surface area contributed by atoms with Gasteiger partial charge in [-0.15, -0.1) is 0 Å². The van der Waals surface area contributed by atoms with Crippen LogP contribution < -0.4 is 10.1 Å². The summed E-state index contributed by atoms with van der Waals surface area (Å²) in [7, 11) is 0. The molecule has 0 aromatic carbocycles. The number of nitrogens with zero attached hydrogens (tertiary/aromatic N) is 2. The van der Waals surface area contributed by atoms with Crippen LogP contribution in [0.2, 0.25) is 0 Å². The highest BCUT2D eigenvalue weighted by Gasteiger charge is 2.13. The Morgan fingerprint density at radius 2 is 2.53 bits per heavy atom. The number of hydrogen-bond donors (Lipinski definition) is 1. The van der Waals surface area contributed by atoms with Crippen LogP contribution in [0.1, 0.15) is 24.8 Å². The lowest BCUT2D eigenvalue weighted by atomic mass is 9.97. The molecule has 1 unspecified atom stereocenters. The molecule has 1 aromatic heterocycles. The standard InChI is InChI=1S/C13H17N3O/c14-9-12-4-2-7-16-13(12)17-8-5-11-3-1-6-15-10-11/h2,4,7,11,15H,1,3,5-6,8,10H2. The summed E-state index contributed by atoms with van der Waals surface area (Å²) in [5, 5.41) is 12.3. The minimum absolute atomic E-state index is 0.457. The second-order valence-electron chi connectivity index (χ2n) is 4.32. The second-order valence-corrected chi connectivity index (χ2v) is 4.32. The lowest BCUT2D eigenvalue weighted by molar-refractivity contribution is 0.247. The van der Waals surface area contributed by atoms with Gasteiger partial charge in [-0.05, 0) is 50.4 Å². The van der Waals surface area contributed by atoms with Crippen LogP contribution in [-0.4, -0.2) is 24.7 Å². The van der Waals surface area contributed by atoms with Gasteiger partial charge in [-0.3, -0.25) is 0 Å². The normalized spacial score (nSPS) is 19.6. The summed E-state index contributed by atoms with van der Waals surface area (Å²) in [5.41, 5.74) is 0.509. The Morgan fingerprint density at radius 1 is 1.59 bits per heavy atom. The monoisotopic (exact) mass is 231 g/mol. The minimum atomic E-state index is 0.457. The lowest BCUT2D eigenvalue weighted by Gasteiger charge is -2.22. The number of ether oxygens (including phenoxy) is 1. The second kappa shape index (κ2) is 6.21. The van der Waals surface area contributed by atoms with Crippen LogP contribution in [0.5, 0.6) is 5.88 Å². The van der Waals surface area contributed by atoms with Crippen molar-refractivity contribution in [3.63, 3.8) is 0 Å². The molecule has 0 radical (unpaired) electrons. The van der Waals surface area contributed by atoms with Crippen molar-refractivity contribution in [1.82, 2.24) is 10.3 Å². The average molecular weight is 231 g/mol. The predicted octanol–water partition coefficient (Wildman–Crippen LogP) is 1.72. The number of pyridine rings is 1. The zero-order valence-corrected chi connectivity index (χ0v) is 9.85. The SMILES string of the molecule is N#Cc1cccnc1OCCC1CCCNC1. The van der Waals surface area contributed by atoms with E-state index in [0.29, 0.717) is 24.0 Å². The number of rotatable bonds is 4. The summed E-state index contributed by atoms with van der Waals surface area (Å²) < 4.78 is 5.57. The van der Waals surface area contributed by atoms with Crippen LogP contribution in [0, 0.1) is 17.2 Å². The van der Waals surface area contributed by atoms with Crippen molar-refractivity contribution >= 4 is 0 Å². The molecule has 0 saturated carbocycles. The van der Waals surface area contributed by atoms with Crippen molar-refractivity contribution in [2.45, 2.75) is 19.3 Å². The van der Waals surface area contributed by atoms with Gasteiger partial charge in [0.15, 0.2) is 0 Å². The third-order valence-corrected chi connectivity index (χ3v) is 3.06. The van der Waals surface area contributed by atoms with Crippen LogP contribution in [0.15, 0.2) is 18.3 Å². The number of nitriles is 1. The molecule has 1 aliphatic heterocycles. The van der Waals surface area contributed by atoms with Gasteiger partial charge in [0.2, 0.25) is 5.88 Å². The molecule has 17 heavy (non-hydrogen) atoms. The fraction of sp³-hybridized carbons (Fsp3) is 0.538. The van der Waals surface area contributed by atoms with E-state index in [1.165, 1.54) is 12.8 Å². The van der Waals surface area contributed by atoms with Gasteiger partial charge < -0.3 is 10.1 Å². The van der Waals surface area contributed by atoms with Crippen LogP contribution in [-0.2, 0) is 0 Å². The van der Waals surface area contributed by atoms with E-state index in [1.54, 1.807) is 18.3 Å². The van der Waals surface area contributed by atoms with Gasteiger partial charge in [0, 0.05) is 6.20 Å². The molecule has 1 fully saturated rings. The maximum atomic E-state index is 8.89. The highest BCUT2D eigenvalue weighted by Crippen LogP contribution is 2.16. The molecule has 1 atom stereocenters. The Morgan fingerprint density at radius 3 is 3.29 bits per heavy atom. The third-order valence-electron chi connectivity index (χ3n) is 3.06. The third kappa shape index (κ3) is 3.43. The lowest BCUT2D eigenvalue weighted by Crippen LogP contribution is -2.30. The fourth-order valence-corrected chi connectivity index (χ4v) is 2.08. The van der Waals surface area contributed by atoms with Crippen molar-refractivity contribution in [2.24, 2.45) is 5.92 Å². The van der Waals surface area contributed by atoms with Gasteiger partial charge in [-0.1, -0.05) is 0 Å². The summed E-state index contributed by atoms with van der Waals surface area (Å²) in [4.78, 5) is 4.07.